The van der Waals surface area contributed by atoms with Crippen molar-refractivity contribution in [2.45, 2.75) is 37.6 Å². The summed E-state index contributed by atoms with van der Waals surface area (Å²) in [6.45, 7) is 0.492. The lowest BCUT2D eigenvalue weighted by Gasteiger charge is -2.28. The first kappa shape index (κ1) is 19.0. The smallest absolute Gasteiger partial charge is 0.278 e. The Morgan fingerprint density at radius 3 is 2.46 bits per heavy atom. The number of nitrogens with one attached hydrogen (secondary N) is 1. The van der Waals surface area contributed by atoms with Crippen LogP contribution in [-0.4, -0.2) is 10.9 Å². The number of carbonyl (C=O) groups is 1. The molecule has 0 bridgehead atoms. The molecule has 1 aliphatic rings. The highest BCUT2D eigenvalue weighted by Gasteiger charge is 2.42. The normalized spacial score (nSPS) is 15.3. The molecular formula is C22H21ClN2O2S. The maximum absolute atomic E-state index is 13.1. The molecule has 1 aromatic heterocycles. The Morgan fingerprint density at radius 1 is 1.11 bits per heavy atom. The van der Waals surface area contributed by atoms with Crippen molar-refractivity contribution in [2.24, 2.45) is 0 Å². The summed E-state index contributed by atoms with van der Waals surface area (Å²) in [7, 11) is 0. The summed E-state index contributed by atoms with van der Waals surface area (Å²) in [5.74, 6) is 0.828. The molecule has 4 rings (SSSR count). The standard InChI is InChI=1S/C22H21ClN2O2S/c23-18-7-5-17(6-8-18)22(11-1-2-12-22)20(26)25-15-16-3-9-19(10-4-16)27-21-24-13-14-28-21/h3-10,13-14H,1-2,11-12,15H2,(H,25,26). The number of halogens is 1. The lowest BCUT2D eigenvalue weighted by atomic mass is 9.78. The van der Waals surface area contributed by atoms with Gasteiger partial charge in [0.15, 0.2) is 0 Å². The van der Waals surface area contributed by atoms with Crippen molar-refractivity contribution in [3.8, 4) is 10.9 Å². The number of rotatable bonds is 6. The van der Waals surface area contributed by atoms with Crippen molar-refractivity contribution in [1.29, 1.82) is 0 Å². The number of benzene rings is 2. The highest BCUT2D eigenvalue weighted by atomic mass is 35.5. The molecule has 1 aliphatic carbocycles. The first-order chi connectivity index (χ1) is 13.7. The van der Waals surface area contributed by atoms with Gasteiger partial charge in [-0.25, -0.2) is 4.98 Å². The monoisotopic (exact) mass is 412 g/mol. The van der Waals surface area contributed by atoms with Gasteiger partial charge in [0.25, 0.3) is 5.19 Å². The highest BCUT2D eigenvalue weighted by Crippen LogP contribution is 2.41. The Morgan fingerprint density at radius 2 is 1.82 bits per heavy atom. The summed E-state index contributed by atoms with van der Waals surface area (Å²) in [6, 6.07) is 15.4. The van der Waals surface area contributed by atoms with E-state index in [0.29, 0.717) is 16.8 Å². The predicted octanol–water partition coefficient (Wildman–Crippen LogP) is 5.72. The van der Waals surface area contributed by atoms with E-state index in [1.54, 1.807) is 6.20 Å². The van der Waals surface area contributed by atoms with Crippen molar-refractivity contribution >= 4 is 28.8 Å². The number of hydrogen-bond donors (Lipinski definition) is 1. The Balaban J connectivity index is 1.41. The van der Waals surface area contributed by atoms with Crippen molar-refractivity contribution < 1.29 is 9.53 Å². The number of hydrogen-bond acceptors (Lipinski definition) is 4. The topological polar surface area (TPSA) is 51.2 Å². The fraction of sp³-hybridized carbons (Fsp3) is 0.273. The van der Waals surface area contributed by atoms with E-state index in [-0.39, 0.29) is 5.91 Å². The van der Waals surface area contributed by atoms with E-state index in [1.807, 2.05) is 53.9 Å². The second-order valence-corrected chi connectivity index (χ2v) is 8.32. The molecular weight excluding hydrogens is 392 g/mol. The lowest BCUT2D eigenvalue weighted by Crippen LogP contribution is -2.42. The van der Waals surface area contributed by atoms with Crippen LogP contribution in [0.5, 0.6) is 10.9 Å². The number of nitrogens with zero attached hydrogens (tertiary/aromatic N) is 1. The first-order valence-corrected chi connectivity index (χ1v) is 10.6. The average molecular weight is 413 g/mol. The number of ether oxygens (including phenoxy) is 1. The average Bonchev–Trinajstić information content (AvgIpc) is 3.40. The summed E-state index contributed by atoms with van der Waals surface area (Å²) >= 11 is 7.48. The molecule has 1 amide bonds. The zero-order valence-corrected chi connectivity index (χ0v) is 16.9. The number of thiazole rings is 1. The van der Waals surface area contributed by atoms with Gasteiger partial charge < -0.3 is 10.1 Å². The van der Waals surface area contributed by atoms with Crippen LogP contribution in [0.2, 0.25) is 5.02 Å². The molecule has 28 heavy (non-hydrogen) atoms. The maximum Gasteiger partial charge on any atom is 0.278 e. The summed E-state index contributed by atoms with van der Waals surface area (Å²) < 4.78 is 5.67. The SMILES string of the molecule is O=C(NCc1ccc(Oc2nccs2)cc1)C1(c2ccc(Cl)cc2)CCCC1. The molecule has 4 nitrogen and oxygen atoms in total. The minimum Gasteiger partial charge on any atom is -0.431 e. The molecule has 6 heteroatoms. The van der Waals surface area contributed by atoms with E-state index in [9.17, 15) is 4.79 Å². The number of carbonyl (C=O) groups excluding carboxylic acids is 1. The summed E-state index contributed by atoms with van der Waals surface area (Å²) in [6.07, 6.45) is 5.60. The highest BCUT2D eigenvalue weighted by molar-refractivity contribution is 7.11. The fourth-order valence-electron chi connectivity index (χ4n) is 3.78. The first-order valence-electron chi connectivity index (χ1n) is 9.36. The minimum absolute atomic E-state index is 0.0930. The van der Waals surface area contributed by atoms with Crippen LogP contribution in [0.4, 0.5) is 0 Å². The maximum atomic E-state index is 13.1. The fourth-order valence-corrected chi connectivity index (χ4v) is 4.41. The molecule has 0 atom stereocenters. The third kappa shape index (κ3) is 4.05. The van der Waals surface area contributed by atoms with Gasteiger partial charge in [-0.1, -0.05) is 60.0 Å². The third-order valence-electron chi connectivity index (χ3n) is 5.28. The zero-order valence-electron chi connectivity index (χ0n) is 15.4. The largest absolute Gasteiger partial charge is 0.431 e. The molecule has 1 saturated carbocycles. The Hall–Kier alpha value is -2.37. The molecule has 3 aromatic rings. The number of amides is 1. The van der Waals surface area contributed by atoms with Gasteiger partial charge in [0.2, 0.25) is 5.91 Å². The molecule has 1 fully saturated rings. The van der Waals surface area contributed by atoms with Crippen LogP contribution < -0.4 is 10.1 Å². The second kappa shape index (κ2) is 8.33. The molecule has 1 N–H and O–H groups in total. The Kier molecular flexibility index (Phi) is 5.64. The van der Waals surface area contributed by atoms with Gasteiger partial charge in [0, 0.05) is 23.1 Å². The van der Waals surface area contributed by atoms with Crippen LogP contribution >= 0.6 is 22.9 Å². The summed E-state index contributed by atoms with van der Waals surface area (Å²) in [5, 5.41) is 6.32. The lowest BCUT2D eigenvalue weighted by molar-refractivity contribution is -0.126. The zero-order chi connectivity index (χ0) is 19.4. The molecule has 0 unspecified atom stereocenters. The van der Waals surface area contributed by atoms with Crippen molar-refractivity contribution in [3.63, 3.8) is 0 Å². The Bertz CT molecular complexity index is 918. The van der Waals surface area contributed by atoms with Crippen LogP contribution in [0.1, 0.15) is 36.8 Å². The van der Waals surface area contributed by atoms with E-state index in [0.717, 1.165) is 42.6 Å². The van der Waals surface area contributed by atoms with E-state index in [2.05, 4.69) is 10.3 Å². The number of aromatic nitrogens is 1. The second-order valence-electron chi connectivity index (χ2n) is 7.02. The van der Waals surface area contributed by atoms with Crippen molar-refractivity contribution in [3.05, 3.63) is 76.3 Å². The molecule has 0 saturated heterocycles. The predicted molar refractivity (Wildman–Crippen MR) is 112 cm³/mol. The van der Waals surface area contributed by atoms with Gasteiger partial charge in [-0.2, -0.15) is 0 Å². The van der Waals surface area contributed by atoms with Crippen molar-refractivity contribution in [2.75, 3.05) is 0 Å². The van der Waals surface area contributed by atoms with Crippen LogP contribution in [-0.2, 0) is 16.8 Å². The molecule has 1 heterocycles. The van der Waals surface area contributed by atoms with E-state index in [4.69, 9.17) is 16.3 Å². The van der Waals surface area contributed by atoms with E-state index < -0.39 is 5.41 Å². The van der Waals surface area contributed by atoms with Crippen LogP contribution in [0, 0.1) is 0 Å². The molecule has 0 radical (unpaired) electrons. The molecule has 0 spiro atoms. The summed E-state index contributed by atoms with van der Waals surface area (Å²) in [4.78, 5) is 17.2. The van der Waals surface area contributed by atoms with Crippen LogP contribution in [0.25, 0.3) is 0 Å². The summed E-state index contributed by atoms with van der Waals surface area (Å²) in [5.41, 5.74) is 1.64. The molecule has 0 aliphatic heterocycles. The van der Waals surface area contributed by atoms with Crippen LogP contribution in [0.3, 0.4) is 0 Å². The van der Waals surface area contributed by atoms with Gasteiger partial charge in [0.05, 0.1) is 5.41 Å². The third-order valence-corrected chi connectivity index (χ3v) is 6.18. The van der Waals surface area contributed by atoms with E-state index >= 15 is 0 Å². The minimum atomic E-state index is -0.446. The molecule has 144 valence electrons. The van der Waals surface area contributed by atoms with Gasteiger partial charge in [-0.05, 0) is 48.2 Å². The van der Waals surface area contributed by atoms with E-state index in [1.165, 1.54) is 11.3 Å². The van der Waals surface area contributed by atoms with Crippen molar-refractivity contribution in [1.82, 2.24) is 10.3 Å². The van der Waals surface area contributed by atoms with Gasteiger partial charge in [-0.3, -0.25) is 4.79 Å². The van der Waals surface area contributed by atoms with Gasteiger partial charge >= 0.3 is 0 Å². The van der Waals surface area contributed by atoms with Gasteiger partial charge in [-0.15, -0.1) is 0 Å². The quantitative estimate of drug-likeness (QED) is 0.563. The molecule has 2 aromatic carbocycles. The van der Waals surface area contributed by atoms with Gasteiger partial charge in [0.1, 0.15) is 5.75 Å². The van der Waals surface area contributed by atoms with Crippen LogP contribution in [0.15, 0.2) is 60.1 Å². The Labute approximate surface area is 173 Å².